The summed E-state index contributed by atoms with van der Waals surface area (Å²) in [6.07, 6.45) is 4.42. The van der Waals surface area contributed by atoms with E-state index in [0.29, 0.717) is 13.3 Å². The average molecular weight is 355 g/mol. The first-order chi connectivity index (χ1) is 11.4. The Morgan fingerprint density at radius 3 is 2.67 bits per heavy atom. The van der Waals surface area contributed by atoms with Crippen LogP contribution in [-0.4, -0.2) is 38.0 Å². The third-order valence-electron chi connectivity index (χ3n) is 3.85. The van der Waals surface area contributed by atoms with Crippen LogP contribution in [0, 0.1) is 0 Å². The van der Waals surface area contributed by atoms with E-state index in [0.717, 1.165) is 42.9 Å². The van der Waals surface area contributed by atoms with Crippen LogP contribution in [0.5, 0.6) is 0 Å². The van der Waals surface area contributed by atoms with E-state index < -0.39 is 0 Å². The number of rotatable bonds is 8. The topological polar surface area (TPSA) is 59.6 Å². The molecular formula is C18H30N2O3S. The first-order valence-electron chi connectivity index (χ1n) is 8.82. The Morgan fingerprint density at radius 1 is 1.21 bits per heavy atom. The van der Waals surface area contributed by atoms with Gasteiger partial charge in [0.05, 0.1) is 24.5 Å². The molecule has 0 bridgehead atoms. The van der Waals surface area contributed by atoms with Crippen LogP contribution in [0.25, 0.3) is 0 Å². The summed E-state index contributed by atoms with van der Waals surface area (Å²) in [6.45, 7) is 10.4. The van der Waals surface area contributed by atoms with E-state index in [9.17, 15) is 4.79 Å². The third kappa shape index (κ3) is 5.46. The quantitative estimate of drug-likeness (QED) is 0.424. The van der Waals surface area contributed by atoms with Gasteiger partial charge >= 0.3 is 5.97 Å². The van der Waals surface area contributed by atoms with E-state index in [1.807, 2.05) is 27.7 Å². The van der Waals surface area contributed by atoms with Gasteiger partial charge in [0.25, 0.3) is 0 Å². The monoisotopic (exact) mass is 354 g/mol. The van der Waals surface area contributed by atoms with E-state index in [-0.39, 0.29) is 11.6 Å². The normalized spacial score (nSPS) is 14.3. The minimum atomic E-state index is -0.191. The van der Waals surface area contributed by atoms with Gasteiger partial charge in [-0.1, -0.05) is 0 Å². The molecule has 0 saturated heterocycles. The summed E-state index contributed by atoms with van der Waals surface area (Å²) in [6, 6.07) is 0. The molecule has 0 atom stereocenters. The van der Waals surface area contributed by atoms with E-state index in [1.165, 1.54) is 16.9 Å². The van der Waals surface area contributed by atoms with Crippen LogP contribution in [0.3, 0.4) is 0 Å². The van der Waals surface area contributed by atoms with E-state index >= 15 is 0 Å². The SMILES string of the molecule is CCOC(=O)c1c(NCCNCOC(C)(C)C)sc2c1CCCC2. The van der Waals surface area contributed by atoms with Crippen LogP contribution >= 0.6 is 11.3 Å². The van der Waals surface area contributed by atoms with Crippen LogP contribution in [0.4, 0.5) is 5.00 Å². The lowest BCUT2D eigenvalue weighted by Crippen LogP contribution is -2.30. The zero-order valence-corrected chi connectivity index (χ0v) is 16.1. The molecule has 1 heterocycles. The summed E-state index contributed by atoms with van der Waals surface area (Å²) in [5.41, 5.74) is 1.84. The molecule has 2 rings (SSSR count). The summed E-state index contributed by atoms with van der Waals surface area (Å²) in [4.78, 5) is 13.7. The molecule has 1 aromatic heterocycles. The van der Waals surface area contributed by atoms with Crippen molar-refractivity contribution in [3.05, 3.63) is 16.0 Å². The maximum absolute atomic E-state index is 12.4. The van der Waals surface area contributed by atoms with Crippen LogP contribution in [-0.2, 0) is 22.3 Å². The summed E-state index contributed by atoms with van der Waals surface area (Å²) in [5.74, 6) is -0.191. The second-order valence-corrected chi connectivity index (χ2v) is 8.07. The van der Waals surface area contributed by atoms with Gasteiger partial charge in [-0.3, -0.25) is 5.32 Å². The molecule has 0 radical (unpaired) electrons. The number of aryl methyl sites for hydroxylation is 1. The van der Waals surface area contributed by atoms with Crippen LogP contribution in [0.2, 0.25) is 0 Å². The number of fused-ring (bicyclic) bond motifs is 1. The molecule has 1 aliphatic carbocycles. The predicted molar refractivity (Wildman–Crippen MR) is 99.1 cm³/mol. The number of thiophene rings is 1. The number of hydrogen-bond acceptors (Lipinski definition) is 6. The van der Waals surface area contributed by atoms with Crippen molar-refractivity contribution in [2.24, 2.45) is 0 Å². The highest BCUT2D eigenvalue weighted by Crippen LogP contribution is 2.38. The van der Waals surface area contributed by atoms with E-state index in [1.54, 1.807) is 11.3 Å². The molecule has 1 aromatic rings. The molecule has 0 aromatic carbocycles. The molecule has 0 fully saturated rings. The van der Waals surface area contributed by atoms with Crippen molar-refractivity contribution in [3.8, 4) is 0 Å². The molecule has 0 unspecified atom stereocenters. The van der Waals surface area contributed by atoms with Gasteiger partial charge in [0, 0.05) is 18.0 Å². The largest absolute Gasteiger partial charge is 0.462 e. The molecule has 0 amide bonds. The lowest BCUT2D eigenvalue weighted by atomic mass is 9.95. The molecule has 1 aliphatic rings. The highest BCUT2D eigenvalue weighted by Gasteiger charge is 2.26. The second-order valence-electron chi connectivity index (χ2n) is 6.96. The lowest BCUT2D eigenvalue weighted by molar-refractivity contribution is -0.0126. The Morgan fingerprint density at radius 2 is 1.96 bits per heavy atom. The fourth-order valence-corrected chi connectivity index (χ4v) is 4.02. The zero-order valence-electron chi connectivity index (χ0n) is 15.3. The number of carbonyl (C=O) groups excluding carboxylic acids is 1. The maximum atomic E-state index is 12.4. The first-order valence-corrected chi connectivity index (χ1v) is 9.64. The van der Waals surface area contributed by atoms with Crippen molar-refractivity contribution in [2.45, 2.75) is 59.0 Å². The van der Waals surface area contributed by atoms with Crippen LogP contribution in [0.1, 0.15) is 61.3 Å². The first kappa shape index (κ1) is 19.2. The number of ether oxygens (including phenoxy) is 2. The van der Waals surface area contributed by atoms with Gasteiger partial charge in [0.15, 0.2) is 0 Å². The molecule has 136 valence electrons. The standard InChI is InChI=1S/C18H30N2O3S/c1-5-22-17(21)15-13-8-6-7-9-14(13)24-16(15)20-11-10-19-12-23-18(2,3)4/h19-20H,5-12H2,1-4H3. The molecule has 6 heteroatoms. The zero-order chi connectivity index (χ0) is 17.6. The Balaban J connectivity index is 1.92. The molecular weight excluding hydrogens is 324 g/mol. The number of esters is 1. The third-order valence-corrected chi connectivity index (χ3v) is 5.09. The molecule has 24 heavy (non-hydrogen) atoms. The smallest absolute Gasteiger partial charge is 0.341 e. The van der Waals surface area contributed by atoms with Gasteiger partial charge in [-0.2, -0.15) is 0 Å². The number of hydrogen-bond donors (Lipinski definition) is 2. The van der Waals surface area contributed by atoms with Gasteiger partial charge in [-0.15, -0.1) is 11.3 Å². The van der Waals surface area contributed by atoms with Crippen molar-refractivity contribution < 1.29 is 14.3 Å². The summed E-state index contributed by atoms with van der Waals surface area (Å²) >= 11 is 1.71. The minimum absolute atomic E-state index is 0.135. The summed E-state index contributed by atoms with van der Waals surface area (Å²) < 4.78 is 10.9. The second kappa shape index (κ2) is 8.83. The number of nitrogens with one attached hydrogen (secondary N) is 2. The fourth-order valence-electron chi connectivity index (χ4n) is 2.71. The van der Waals surface area contributed by atoms with E-state index in [2.05, 4.69) is 10.6 Å². The van der Waals surface area contributed by atoms with Crippen molar-refractivity contribution in [3.63, 3.8) is 0 Å². The van der Waals surface area contributed by atoms with Crippen molar-refractivity contribution in [2.75, 3.05) is 31.7 Å². The van der Waals surface area contributed by atoms with Crippen LogP contribution in [0.15, 0.2) is 0 Å². The Labute approximate surface area is 149 Å². The molecule has 0 saturated carbocycles. The Bertz CT molecular complexity index is 549. The summed E-state index contributed by atoms with van der Waals surface area (Å²) in [5, 5.41) is 7.62. The summed E-state index contributed by atoms with van der Waals surface area (Å²) in [7, 11) is 0. The fraction of sp³-hybridized carbons (Fsp3) is 0.722. The van der Waals surface area contributed by atoms with Crippen molar-refractivity contribution >= 4 is 22.3 Å². The molecule has 2 N–H and O–H groups in total. The predicted octanol–water partition coefficient (Wildman–Crippen LogP) is 3.58. The maximum Gasteiger partial charge on any atom is 0.341 e. The number of carbonyl (C=O) groups is 1. The Kier molecular flexibility index (Phi) is 7.07. The molecule has 0 spiro atoms. The van der Waals surface area contributed by atoms with E-state index in [4.69, 9.17) is 9.47 Å². The average Bonchev–Trinajstić information content (AvgIpc) is 2.88. The lowest BCUT2D eigenvalue weighted by Gasteiger charge is -2.19. The van der Waals surface area contributed by atoms with Gasteiger partial charge in [0.1, 0.15) is 5.00 Å². The van der Waals surface area contributed by atoms with Crippen LogP contribution < -0.4 is 10.6 Å². The van der Waals surface area contributed by atoms with Gasteiger partial charge < -0.3 is 14.8 Å². The van der Waals surface area contributed by atoms with Crippen molar-refractivity contribution in [1.82, 2.24) is 5.32 Å². The highest BCUT2D eigenvalue weighted by molar-refractivity contribution is 7.16. The minimum Gasteiger partial charge on any atom is -0.462 e. The van der Waals surface area contributed by atoms with Gasteiger partial charge in [-0.25, -0.2) is 4.79 Å². The van der Waals surface area contributed by atoms with Crippen molar-refractivity contribution in [1.29, 1.82) is 0 Å². The molecule has 5 nitrogen and oxygen atoms in total. The van der Waals surface area contributed by atoms with Gasteiger partial charge in [-0.05, 0) is 58.9 Å². The molecule has 0 aliphatic heterocycles. The highest BCUT2D eigenvalue weighted by atomic mass is 32.1. The Hall–Kier alpha value is -1.11. The number of anilines is 1. The van der Waals surface area contributed by atoms with Gasteiger partial charge in [0.2, 0.25) is 0 Å².